The van der Waals surface area contributed by atoms with E-state index in [4.69, 9.17) is 9.72 Å². The Kier molecular flexibility index (Phi) is 5.76. The monoisotopic (exact) mass is 440 g/mol. The molecule has 0 bridgehead atoms. The lowest BCUT2D eigenvalue weighted by atomic mass is 10.2. The van der Waals surface area contributed by atoms with Gasteiger partial charge in [-0.05, 0) is 48.0 Å². The third kappa shape index (κ3) is 4.57. The van der Waals surface area contributed by atoms with E-state index in [0.29, 0.717) is 12.4 Å². The Morgan fingerprint density at radius 3 is 2.27 bits per heavy atom. The summed E-state index contributed by atoms with van der Waals surface area (Å²) in [5.74, 6) is 1.65. The van der Waals surface area contributed by atoms with Crippen molar-refractivity contribution in [3.05, 3.63) is 101 Å². The Balaban J connectivity index is 1.30. The first-order valence-electron chi connectivity index (χ1n) is 11.0. The van der Waals surface area contributed by atoms with Crippen molar-refractivity contribution < 1.29 is 9.66 Å². The standard InChI is InChI=1S/C26H24N4O3/c31-30(32)23-12-9-20(10-13-23)19-33-24-8-4-5-21-11-14-25(27-26(21)24)29-17-15-28(16-18-29)22-6-2-1-3-7-22/h1-14H,15-19H2. The molecule has 4 aromatic rings. The van der Waals surface area contributed by atoms with E-state index in [0.717, 1.165) is 48.5 Å². The SMILES string of the molecule is O=[N+]([O-])c1ccc(COc2cccc3ccc(N4CCN(c5ccccc5)CC4)nc23)cc1. The van der Waals surface area contributed by atoms with E-state index >= 15 is 0 Å². The summed E-state index contributed by atoms with van der Waals surface area (Å²) in [4.78, 5) is 20.1. The molecule has 33 heavy (non-hydrogen) atoms. The number of rotatable bonds is 6. The highest BCUT2D eigenvalue weighted by molar-refractivity contribution is 5.86. The van der Waals surface area contributed by atoms with E-state index in [-0.39, 0.29) is 5.69 Å². The van der Waals surface area contributed by atoms with Gasteiger partial charge in [0.1, 0.15) is 23.7 Å². The molecule has 1 aliphatic heterocycles. The van der Waals surface area contributed by atoms with Gasteiger partial charge in [-0.25, -0.2) is 4.98 Å². The first-order valence-corrected chi connectivity index (χ1v) is 11.0. The highest BCUT2D eigenvalue weighted by Crippen LogP contribution is 2.28. The number of benzene rings is 3. The second-order valence-electron chi connectivity index (χ2n) is 8.02. The molecule has 0 amide bonds. The quantitative estimate of drug-likeness (QED) is 0.309. The number of nitro benzene ring substituents is 1. The Bertz CT molecular complexity index is 1250. The Morgan fingerprint density at radius 1 is 0.818 bits per heavy atom. The van der Waals surface area contributed by atoms with Crippen molar-refractivity contribution in [2.75, 3.05) is 36.0 Å². The van der Waals surface area contributed by atoms with Gasteiger partial charge in [0.25, 0.3) is 5.69 Å². The third-order valence-corrected chi connectivity index (χ3v) is 5.94. The van der Waals surface area contributed by atoms with Crippen molar-refractivity contribution in [1.29, 1.82) is 0 Å². The minimum atomic E-state index is -0.402. The second-order valence-corrected chi connectivity index (χ2v) is 8.02. The summed E-state index contributed by atoms with van der Waals surface area (Å²) in [5, 5.41) is 11.9. The van der Waals surface area contributed by atoms with Gasteiger partial charge in [0.05, 0.1) is 4.92 Å². The molecule has 166 valence electrons. The van der Waals surface area contributed by atoms with Crippen LogP contribution in [-0.2, 0) is 6.61 Å². The predicted octanol–water partition coefficient (Wildman–Crippen LogP) is 5.05. The Morgan fingerprint density at radius 2 is 1.55 bits per heavy atom. The number of non-ortho nitro benzene ring substituents is 1. The number of hydrogen-bond donors (Lipinski definition) is 0. The molecule has 0 radical (unpaired) electrons. The maximum absolute atomic E-state index is 10.9. The molecular weight excluding hydrogens is 416 g/mol. The average molecular weight is 441 g/mol. The summed E-state index contributed by atoms with van der Waals surface area (Å²) >= 11 is 0. The Labute approximate surface area is 192 Å². The van der Waals surface area contributed by atoms with E-state index in [1.807, 2.05) is 24.3 Å². The lowest BCUT2D eigenvalue weighted by Crippen LogP contribution is -2.46. The van der Waals surface area contributed by atoms with Crippen molar-refractivity contribution in [2.24, 2.45) is 0 Å². The van der Waals surface area contributed by atoms with Gasteiger partial charge in [-0.15, -0.1) is 0 Å². The van der Waals surface area contributed by atoms with Crippen LogP contribution in [0.2, 0.25) is 0 Å². The molecular formula is C26H24N4O3. The Hall–Kier alpha value is -4.13. The minimum Gasteiger partial charge on any atom is -0.487 e. The van der Waals surface area contributed by atoms with Gasteiger partial charge < -0.3 is 14.5 Å². The van der Waals surface area contributed by atoms with Crippen molar-refractivity contribution >= 4 is 28.1 Å². The molecule has 1 fully saturated rings. The fourth-order valence-corrected chi connectivity index (χ4v) is 4.11. The number of para-hydroxylation sites is 2. The van der Waals surface area contributed by atoms with Crippen LogP contribution in [0.5, 0.6) is 5.75 Å². The van der Waals surface area contributed by atoms with Crippen LogP contribution in [0.3, 0.4) is 0 Å². The molecule has 5 rings (SSSR count). The molecule has 1 saturated heterocycles. The molecule has 7 heteroatoms. The smallest absolute Gasteiger partial charge is 0.269 e. The number of aromatic nitrogens is 1. The molecule has 1 aliphatic rings. The lowest BCUT2D eigenvalue weighted by molar-refractivity contribution is -0.384. The molecule has 2 heterocycles. The predicted molar refractivity (Wildman–Crippen MR) is 130 cm³/mol. The first-order chi connectivity index (χ1) is 16.2. The number of nitrogens with zero attached hydrogens (tertiary/aromatic N) is 4. The summed E-state index contributed by atoms with van der Waals surface area (Å²) in [6.07, 6.45) is 0. The maximum atomic E-state index is 10.9. The van der Waals surface area contributed by atoms with E-state index in [2.05, 4.69) is 46.2 Å². The number of pyridine rings is 1. The summed E-state index contributed by atoms with van der Waals surface area (Å²) in [5.41, 5.74) is 3.02. The first kappa shape index (κ1) is 20.8. The van der Waals surface area contributed by atoms with Crippen molar-refractivity contribution in [3.8, 4) is 5.75 Å². The largest absolute Gasteiger partial charge is 0.487 e. The third-order valence-electron chi connectivity index (χ3n) is 5.94. The molecule has 0 spiro atoms. The molecule has 0 unspecified atom stereocenters. The van der Waals surface area contributed by atoms with Crippen LogP contribution < -0.4 is 14.5 Å². The van der Waals surface area contributed by atoms with Crippen molar-refractivity contribution in [1.82, 2.24) is 4.98 Å². The summed E-state index contributed by atoms with van der Waals surface area (Å²) in [6, 6.07) is 27.0. The molecule has 0 atom stereocenters. The van der Waals surface area contributed by atoms with E-state index < -0.39 is 4.92 Å². The topological polar surface area (TPSA) is 71.7 Å². The molecule has 0 aliphatic carbocycles. The van der Waals surface area contributed by atoms with E-state index in [1.165, 1.54) is 17.8 Å². The maximum Gasteiger partial charge on any atom is 0.269 e. The summed E-state index contributed by atoms with van der Waals surface area (Å²) < 4.78 is 6.06. The normalized spacial score (nSPS) is 13.8. The van der Waals surface area contributed by atoms with Crippen LogP contribution >= 0.6 is 0 Å². The van der Waals surface area contributed by atoms with Crippen LogP contribution in [0.4, 0.5) is 17.2 Å². The summed E-state index contributed by atoms with van der Waals surface area (Å²) in [7, 11) is 0. The number of fused-ring (bicyclic) bond motifs is 1. The molecule has 7 nitrogen and oxygen atoms in total. The number of anilines is 2. The fourth-order valence-electron chi connectivity index (χ4n) is 4.11. The second kappa shape index (κ2) is 9.16. The molecule has 3 aromatic carbocycles. The molecule has 1 aromatic heterocycles. The van der Waals surface area contributed by atoms with E-state index in [9.17, 15) is 10.1 Å². The lowest BCUT2D eigenvalue weighted by Gasteiger charge is -2.36. The van der Waals surface area contributed by atoms with Gasteiger partial charge in [0.15, 0.2) is 0 Å². The zero-order valence-corrected chi connectivity index (χ0v) is 18.1. The number of ether oxygens (including phenoxy) is 1. The van der Waals surface area contributed by atoms with Gasteiger partial charge in [0.2, 0.25) is 0 Å². The summed E-state index contributed by atoms with van der Waals surface area (Å²) in [6.45, 7) is 4.02. The number of piperazine rings is 1. The van der Waals surface area contributed by atoms with Crippen LogP contribution in [0, 0.1) is 10.1 Å². The highest BCUT2D eigenvalue weighted by atomic mass is 16.6. The van der Waals surface area contributed by atoms with Crippen molar-refractivity contribution in [3.63, 3.8) is 0 Å². The van der Waals surface area contributed by atoms with Crippen molar-refractivity contribution in [2.45, 2.75) is 6.61 Å². The van der Waals surface area contributed by atoms with Crippen LogP contribution in [0.25, 0.3) is 10.9 Å². The van der Waals surface area contributed by atoms with Gasteiger partial charge in [-0.3, -0.25) is 10.1 Å². The van der Waals surface area contributed by atoms with Crippen LogP contribution in [0.15, 0.2) is 84.9 Å². The number of nitro groups is 1. The van der Waals surface area contributed by atoms with Gasteiger partial charge in [0, 0.05) is 49.4 Å². The molecule has 0 N–H and O–H groups in total. The zero-order chi connectivity index (χ0) is 22.6. The fraction of sp³-hybridized carbons (Fsp3) is 0.192. The van der Waals surface area contributed by atoms with Gasteiger partial charge >= 0.3 is 0 Å². The highest BCUT2D eigenvalue weighted by Gasteiger charge is 2.19. The number of hydrogen-bond acceptors (Lipinski definition) is 6. The van der Waals surface area contributed by atoms with Gasteiger partial charge in [-0.2, -0.15) is 0 Å². The average Bonchev–Trinajstić information content (AvgIpc) is 2.88. The zero-order valence-electron chi connectivity index (χ0n) is 18.1. The molecule has 0 saturated carbocycles. The van der Waals surface area contributed by atoms with Crippen LogP contribution in [0.1, 0.15) is 5.56 Å². The van der Waals surface area contributed by atoms with E-state index in [1.54, 1.807) is 12.1 Å². The van der Waals surface area contributed by atoms with Gasteiger partial charge in [-0.1, -0.05) is 30.3 Å². The van der Waals surface area contributed by atoms with Crippen LogP contribution in [-0.4, -0.2) is 36.1 Å². The minimum absolute atomic E-state index is 0.0718.